The molecule has 6 rings (SSSR count). The Hall–Kier alpha value is -6.84. The van der Waals surface area contributed by atoms with Crippen LogP contribution in [0.25, 0.3) is 0 Å². The maximum atomic E-state index is 13.1. The SMILES string of the molecule is Cc1ccc(C(=O)NCCCc2cn[nH]c2)cc1C#Cc1cccc(CN(C)c2ccc(C(=O)NCCCn3ccnc3)cc2C#Cc2ccccc2)c1. The third-order valence-electron chi connectivity index (χ3n) is 8.89. The van der Waals surface area contributed by atoms with Crippen LogP contribution < -0.4 is 15.5 Å². The summed E-state index contributed by atoms with van der Waals surface area (Å²) >= 11 is 0. The Balaban J connectivity index is 1.13. The van der Waals surface area contributed by atoms with Crippen LogP contribution in [-0.4, -0.2) is 51.7 Å². The molecule has 0 saturated heterocycles. The van der Waals surface area contributed by atoms with E-state index in [1.54, 1.807) is 18.7 Å². The van der Waals surface area contributed by atoms with Crippen molar-refractivity contribution in [1.29, 1.82) is 0 Å². The summed E-state index contributed by atoms with van der Waals surface area (Å²) in [6, 6.07) is 29.3. The molecule has 0 aliphatic heterocycles. The van der Waals surface area contributed by atoms with Gasteiger partial charge in [0.15, 0.2) is 0 Å². The van der Waals surface area contributed by atoms with E-state index in [0.29, 0.717) is 30.8 Å². The monoisotopic (exact) mass is 713 g/mol. The van der Waals surface area contributed by atoms with Gasteiger partial charge in [-0.05, 0) is 97.5 Å². The van der Waals surface area contributed by atoms with Crippen molar-refractivity contribution in [3.8, 4) is 23.7 Å². The summed E-state index contributed by atoms with van der Waals surface area (Å²) in [6.07, 6.45) is 11.6. The number of aryl methyl sites for hydroxylation is 3. The third kappa shape index (κ3) is 10.6. The molecule has 0 aliphatic rings. The van der Waals surface area contributed by atoms with E-state index in [-0.39, 0.29) is 11.8 Å². The van der Waals surface area contributed by atoms with Crippen molar-refractivity contribution in [1.82, 2.24) is 30.4 Å². The predicted molar refractivity (Wildman–Crippen MR) is 213 cm³/mol. The summed E-state index contributed by atoms with van der Waals surface area (Å²) in [5, 5.41) is 12.8. The fourth-order valence-electron chi connectivity index (χ4n) is 5.91. The highest BCUT2D eigenvalue weighted by molar-refractivity contribution is 5.95. The Kier molecular flexibility index (Phi) is 12.7. The fraction of sp³-hybridized carbons (Fsp3) is 0.200. The standard InChI is InChI=1S/C45H43N7O2/c1-34-14-17-41(44(53)47-22-7-13-38-30-49-50-31-38)28-39(34)18-16-36-11-6-12-37(27-36)32-51(2)43-21-20-42(29-40(43)19-15-35-9-4-3-5-10-35)45(54)48-23-8-25-52-26-24-46-33-52/h3-6,9-12,14,17,20-21,24,26-31,33H,7-8,13,22-23,25,32H2,1-2H3,(H,47,53)(H,48,54)(H,49,50). The van der Waals surface area contributed by atoms with E-state index in [1.165, 1.54) is 0 Å². The Morgan fingerprint density at radius 3 is 2.26 bits per heavy atom. The van der Waals surface area contributed by atoms with E-state index in [1.807, 2.05) is 110 Å². The van der Waals surface area contributed by atoms with Gasteiger partial charge in [-0.15, -0.1) is 0 Å². The highest BCUT2D eigenvalue weighted by atomic mass is 16.2. The molecular formula is C45H43N7O2. The summed E-state index contributed by atoms with van der Waals surface area (Å²) in [6.45, 7) is 4.51. The number of benzene rings is 4. The van der Waals surface area contributed by atoms with Crippen molar-refractivity contribution in [3.63, 3.8) is 0 Å². The second-order valence-electron chi connectivity index (χ2n) is 13.1. The van der Waals surface area contributed by atoms with E-state index in [0.717, 1.165) is 70.4 Å². The molecular weight excluding hydrogens is 671 g/mol. The van der Waals surface area contributed by atoms with Gasteiger partial charge in [-0.25, -0.2) is 4.98 Å². The maximum absolute atomic E-state index is 13.1. The summed E-state index contributed by atoms with van der Waals surface area (Å²) in [7, 11) is 2.02. The molecule has 2 amide bonds. The van der Waals surface area contributed by atoms with Crippen LogP contribution in [-0.2, 0) is 19.5 Å². The number of hydrogen-bond donors (Lipinski definition) is 3. The third-order valence-corrected chi connectivity index (χ3v) is 8.89. The molecule has 54 heavy (non-hydrogen) atoms. The second kappa shape index (κ2) is 18.6. The van der Waals surface area contributed by atoms with E-state index in [9.17, 15) is 9.59 Å². The summed E-state index contributed by atoms with van der Waals surface area (Å²) in [5.74, 6) is 12.9. The molecule has 0 saturated carbocycles. The molecule has 9 heteroatoms. The van der Waals surface area contributed by atoms with E-state index >= 15 is 0 Å². The largest absolute Gasteiger partial charge is 0.369 e. The van der Waals surface area contributed by atoms with Crippen LogP contribution in [0.1, 0.15) is 72.5 Å². The zero-order chi connectivity index (χ0) is 37.5. The maximum Gasteiger partial charge on any atom is 0.251 e. The molecule has 6 aromatic rings. The van der Waals surface area contributed by atoms with E-state index in [4.69, 9.17) is 0 Å². The summed E-state index contributed by atoms with van der Waals surface area (Å²) in [4.78, 5) is 32.2. The van der Waals surface area contributed by atoms with E-state index < -0.39 is 0 Å². The first-order valence-corrected chi connectivity index (χ1v) is 18.0. The number of rotatable bonds is 13. The van der Waals surface area contributed by atoms with Gasteiger partial charge in [0.2, 0.25) is 0 Å². The molecule has 3 N–H and O–H groups in total. The molecule has 0 spiro atoms. The molecule has 9 nitrogen and oxygen atoms in total. The quantitative estimate of drug-likeness (QED) is 0.0932. The number of nitrogens with zero attached hydrogens (tertiary/aromatic N) is 4. The first kappa shape index (κ1) is 36.9. The van der Waals surface area contributed by atoms with Crippen LogP contribution in [0.4, 0.5) is 5.69 Å². The second-order valence-corrected chi connectivity index (χ2v) is 13.1. The Morgan fingerprint density at radius 1 is 0.778 bits per heavy atom. The molecule has 0 bridgehead atoms. The average Bonchev–Trinajstić information content (AvgIpc) is 3.93. The van der Waals surface area contributed by atoms with Gasteiger partial charge >= 0.3 is 0 Å². The first-order chi connectivity index (χ1) is 26.4. The predicted octanol–water partition coefficient (Wildman–Crippen LogP) is 6.53. The van der Waals surface area contributed by atoms with Gasteiger partial charge < -0.3 is 20.1 Å². The van der Waals surface area contributed by atoms with Crippen molar-refractivity contribution in [3.05, 3.63) is 172 Å². The van der Waals surface area contributed by atoms with Gasteiger partial charge in [0, 0.05) is 85.2 Å². The van der Waals surface area contributed by atoms with Crippen molar-refractivity contribution >= 4 is 17.5 Å². The van der Waals surface area contributed by atoms with Crippen LogP contribution in [0, 0.1) is 30.6 Å². The van der Waals surface area contributed by atoms with Crippen LogP contribution in [0.3, 0.4) is 0 Å². The zero-order valence-corrected chi connectivity index (χ0v) is 30.6. The summed E-state index contributed by atoms with van der Waals surface area (Å²) in [5.41, 5.74) is 8.61. The molecule has 0 aliphatic carbocycles. The molecule has 270 valence electrons. The number of aromatic nitrogens is 4. The van der Waals surface area contributed by atoms with Crippen molar-refractivity contribution < 1.29 is 9.59 Å². The van der Waals surface area contributed by atoms with Crippen molar-refractivity contribution in [2.75, 3.05) is 25.0 Å². The van der Waals surface area contributed by atoms with Gasteiger partial charge in [0.25, 0.3) is 11.8 Å². The van der Waals surface area contributed by atoms with Crippen molar-refractivity contribution in [2.45, 2.75) is 39.3 Å². The number of hydrogen-bond acceptors (Lipinski definition) is 5. The van der Waals surface area contributed by atoms with Gasteiger partial charge in [0.1, 0.15) is 0 Å². The zero-order valence-electron chi connectivity index (χ0n) is 30.6. The number of amides is 2. The molecule has 0 fully saturated rings. The molecule has 2 heterocycles. The lowest BCUT2D eigenvalue weighted by Gasteiger charge is -2.22. The van der Waals surface area contributed by atoms with Crippen LogP contribution in [0.15, 0.2) is 122 Å². The molecule has 2 aromatic heterocycles. The Labute approximate surface area is 316 Å². The van der Waals surface area contributed by atoms with Gasteiger partial charge in [-0.1, -0.05) is 60.1 Å². The minimum absolute atomic E-state index is 0.113. The number of nitrogens with one attached hydrogen (secondary N) is 3. The van der Waals surface area contributed by atoms with Crippen LogP contribution >= 0.6 is 0 Å². The van der Waals surface area contributed by atoms with Gasteiger partial charge in [-0.3, -0.25) is 14.7 Å². The molecule has 0 radical (unpaired) electrons. The Bertz CT molecular complexity index is 2290. The normalized spacial score (nSPS) is 10.4. The minimum atomic E-state index is -0.133. The minimum Gasteiger partial charge on any atom is -0.369 e. The lowest BCUT2D eigenvalue weighted by molar-refractivity contribution is 0.0944. The number of imidazole rings is 1. The summed E-state index contributed by atoms with van der Waals surface area (Å²) < 4.78 is 1.99. The van der Waals surface area contributed by atoms with Crippen molar-refractivity contribution in [2.24, 2.45) is 0 Å². The van der Waals surface area contributed by atoms with Gasteiger partial charge in [-0.2, -0.15) is 5.10 Å². The lowest BCUT2D eigenvalue weighted by atomic mass is 10.0. The topological polar surface area (TPSA) is 108 Å². The number of carbonyl (C=O) groups excluding carboxylic acids is 2. The number of H-pyrrole nitrogens is 1. The fourth-order valence-corrected chi connectivity index (χ4v) is 5.91. The number of aromatic amines is 1. The first-order valence-electron chi connectivity index (χ1n) is 18.0. The number of carbonyl (C=O) groups is 2. The molecule has 0 unspecified atom stereocenters. The lowest BCUT2D eigenvalue weighted by Crippen LogP contribution is -2.25. The average molecular weight is 714 g/mol. The molecule has 4 aromatic carbocycles. The highest BCUT2D eigenvalue weighted by Crippen LogP contribution is 2.23. The van der Waals surface area contributed by atoms with Gasteiger partial charge in [0.05, 0.1) is 18.2 Å². The Morgan fingerprint density at radius 2 is 1.50 bits per heavy atom. The smallest absolute Gasteiger partial charge is 0.251 e. The van der Waals surface area contributed by atoms with Crippen LogP contribution in [0.5, 0.6) is 0 Å². The van der Waals surface area contributed by atoms with Crippen LogP contribution in [0.2, 0.25) is 0 Å². The highest BCUT2D eigenvalue weighted by Gasteiger charge is 2.13. The van der Waals surface area contributed by atoms with E-state index in [2.05, 4.69) is 66.5 Å². The molecule has 0 atom stereocenters. The number of anilines is 1.